The molecule has 1 aromatic carbocycles. The van der Waals surface area contributed by atoms with Gasteiger partial charge in [0.1, 0.15) is 0 Å². The van der Waals surface area contributed by atoms with Gasteiger partial charge in [-0.3, -0.25) is 0 Å². The second-order valence-electron chi connectivity index (χ2n) is 5.75. The zero-order valence-corrected chi connectivity index (χ0v) is 14.5. The van der Waals surface area contributed by atoms with Crippen LogP contribution in [0.3, 0.4) is 0 Å². The van der Waals surface area contributed by atoms with E-state index in [1.807, 2.05) is 0 Å². The number of nitrogens with zero attached hydrogens (tertiary/aromatic N) is 2. The van der Waals surface area contributed by atoms with Crippen LogP contribution in [-0.4, -0.2) is 51.3 Å². The first-order valence-corrected chi connectivity index (χ1v) is 7.81. The van der Waals surface area contributed by atoms with E-state index >= 15 is 0 Å². The molecule has 0 aliphatic carbocycles. The van der Waals surface area contributed by atoms with Gasteiger partial charge in [-0.05, 0) is 39.1 Å². The highest BCUT2D eigenvalue weighted by Gasteiger charge is 2.04. The quantitative estimate of drug-likeness (QED) is 0.568. The Morgan fingerprint density at radius 3 is 2.68 bits per heavy atom. The molecule has 0 aliphatic heterocycles. The van der Waals surface area contributed by atoms with Gasteiger partial charge in [-0.1, -0.05) is 24.3 Å². The van der Waals surface area contributed by atoms with Crippen LogP contribution in [-0.2, 0) is 17.8 Å². The molecular weight excluding hydrogens is 276 g/mol. The van der Waals surface area contributed by atoms with Gasteiger partial charge in [0.15, 0.2) is 5.96 Å². The zero-order valence-electron chi connectivity index (χ0n) is 14.5. The Morgan fingerprint density at radius 1 is 1.32 bits per heavy atom. The molecule has 0 saturated heterocycles. The summed E-state index contributed by atoms with van der Waals surface area (Å²) in [5.74, 6) is 0.824. The fraction of sp³-hybridized carbons (Fsp3) is 0.588. The normalized spacial score (nSPS) is 13.3. The number of aliphatic imine (C=N–C) groups is 1. The first-order chi connectivity index (χ1) is 10.5. The van der Waals surface area contributed by atoms with Gasteiger partial charge in [0.25, 0.3) is 0 Å². The van der Waals surface area contributed by atoms with Gasteiger partial charge in [-0.15, -0.1) is 0 Å². The average molecular weight is 306 g/mol. The third kappa shape index (κ3) is 7.43. The van der Waals surface area contributed by atoms with Crippen LogP contribution in [0, 0.1) is 0 Å². The number of ether oxygens (including phenoxy) is 1. The molecule has 22 heavy (non-hydrogen) atoms. The second-order valence-corrected chi connectivity index (χ2v) is 5.75. The van der Waals surface area contributed by atoms with Crippen molar-refractivity contribution in [1.29, 1.82) is 0 Å². The summed E-state index contributed by atoms with van der Waals surface area (Å²) in [7, 11) is 5.86. The first-order valence-electron chi connectivity index (χ1n) is 7.81. The summed E-state index contributed by atoms with van der Waals surface area (Å²) >= 11 is 0. The summed E-state index contributed by atoms with van der Waals surface area (Å²) in [4.78, 5) is 6.82. The van der Waals surface area contributed by atoms with Crippen LogP contribution in [0.5, 0.6) is 0 Å². The van der Waals surface area contributed by atoms with Gasteiger partial charge in [-0.25, -0.2) is 4.99 Å². The van der Waals surface area contributed by atoms with E-state index in [0.717, 1.165) is 19.0 Å². The van der Waals surface area contributed by atoms with Gasteiger partial charge in [0.2, 0.25) is 0 Å². The third-order valence-electron chi connectivity index (χ3n) is 3.05. The summed E-state index contributed by atoms with van der Waals surface area (Å²) in [6, 6.07) is 8.80. The van der Waals surface area contributed by atoms with Crippen LogP contribution >= 0.6 is 0 Å². The van der Waals surface area contributed by atoms with Crippen molar-refractivity contribution in [1.82, 2.24) is 15.5 Å². The lowest BCUT2D eigenvalue weighted by molar-refractivity contribution is 0.179. The molecule has 0 heterocycles. The maximum atomic E-state index is 5.15. The lowest BCUT2D eigenvalue weighted by Gasteiger charge is -2.17. The monoisotopic (exact) mass is 306 g/mol. The SMILES string of the molecule is CCNC(=NCc1cccc(CN(C)C)c1)NC(C)COC. The number of rotatable bonds is 8. The van der Waals surface area contributed by atoms with Gasteiger partial charge in [0.05, 0.1) is 13.2 Å². The minimum Gasteiger partial charge on any atom is -0.383 e. The van der Waals surface area contributed by atoms with Gasteiger partial charge in [0, 0.05) is 26.2 Å². The molecule has 0 bridgehead atoms. The van der Waals surface area contributed by atoms with Crippen LogP contribution in [0.4, 0.5) is 0 Å². The first kappa shape index (κ1) is 18.5. The molecule has 1 atom stereocenters. The molecule has 0 radical (unpaired) electrons. The van der Waals surface area contributed by atoms with Crippen molar-refractivity contribution in [3.8, 4) is 0 Å². The Balaban J connectivity index is 2.68. The molecule has 1 rings (SSSR count). The fourth-order valence-electron chi connectivity index (χ4n) is 2.21. The Morgan fingerprint density at radius 2 is 2.05 bits per heavy atom. The Hall–Kier alpha value is -1.59. The average Bonchev–Trinajstić information content (AvgIpc) is 2.45. The maximum Gasteiger partial charge on any atom is 0.191 e. The Bertz CT molecular complexity index is 460. The molecule has 0 aromatic heterocycles. The molecule has 0 saturated carbocycles. The summed E-state index contributed by atoms with van der Waals surface area (Å²) in [5.41, 5.74) is 2.53. The van der Waals surface area contributed by atoms with E-state index in [9.17, 15) is 0 Å². The molecule has 5 nitrogen and oxygen atoms in total. The van der Waals surface area contributed by atoms with Crippen molar-refractivity contribution < 1.29 is 4.74 Å². The van der Waals surface area contributed by atoms with E-state index < -0.39 is 0 Å². The highest BCUT2D eigenvalue weighted by molar-refractivity contribution is 5.80. The molecule has 124 valence electrons. The number of guanidine groups is 1. The molecule has 0 fully saturated rings. The highest BCUT2D eigenvalue weighted by atomic mass is 16.5. The van der Waals surface area contributed by atoms with Gasteiger partial charge in [-0.2, -0.15) is 0 Å². The molecule has 5 heteroatoms. The summed E-state index contributed by atoms with van der Waals surface area (Å²) in [5, 5.41) is 6.61. The third-order valence-corrected chi connectivity index (χ3v) is 3.05. The van der Waals surface area contributed by atoms with Crippen molar-refractivity contribution >= 4 is 5.96 Å². The molecule has 1 aromatic rings. The molecular formula is C17H30N4O. The van der Waals surface area contributed by atoms with Gasteiger partial charge < -0.3 is 20.3 Å². The number of hydrogen-bond acceptors (Lipinski definition) is 3. The lowest BCUT2D eigenvalue weighted by atomic mass is 10.1. The van der Waals surface area contributed by atoms with Crippen LogP contribution in [0.15, 0.2) is 29.3 Å². The van der Waals surface area contributed by atoms with E-state index in [2.05, 4.69) is 72.7 Å². The standard InChI is InChI=1S/C17H30N4O/c1-6-18-17(20-14(2)13-22-5)19-11-15-8-7-9-16(10-15)12-21(3)4/h7-10,14H,6,11-13H2,1-5H3,(H2,18,19,20). The molecule has 0 spiro atoms. The summed E-state index contributed by atoms with van der Waals surface area (Å²) < 4.78 is 5.15. The van der Waals surface area contributed by atoms with Crippen molar-refractivity contribution in [2.75, 3.05) is 34.4 Å². The number of methoxy groups -OCH3 is 1. The molecule has 0 amide bonds. The molecule has 1 unspecified atom stereocenters. The van der Waals surface area contributed by atoms with Gasteiger partial charge >= 0.3 is 0 Å². The predicted octanol–water partition coefficient (Wildman–Crippen LogP) is 1.84. The van der Waals surface area contributed by atoms with E-state index in [1.165, 1.54) is 11.1 Å². The smallest absolute Gasteiger partial charge is 0.191 e. The van der Waals surface area contributed by atoms with Crippen LogP contribution in [0.2, 0.25) is 0 Å². The topological polar surface area (TPSA) is 48.9 Å². The van der Waals surface area contributed by atoms with E-state index in [0.29, 0.717) is 13.2 Å². The minimum atomic E-state index is 0.225. The van der Waals surface area contributed by atoms with E-state index in [-0.39, 0.29) is 6.04 Å². The Labute approximate surface area is 134 Å². The van der Waals surface area contributed by atoms with Crippen LogP contribution < -0.4 is 10.6 Å². The van der Waals surface area contributed by atoms with E-state index in [1.54, 1.807) is 7.11 Å². The lowest BCUT2D eigenvalue weighted by Crippen LogP contribution is -2.43. The largest absolute Gasteiger partial charge is 0.383 e. The van der Waals surface area contributed by atoms with Crippen molar-refractivity contribution in [2.24, 2.45) is 4.99 Å². The second kappa shape index (κ2) is 10.2. The van der Waals surface area contributed by atoms with E-state index in [4.69, 9.17) is 4.74 Å². The highest BCUT2D eigenvalue weighted by Crippen LogP contribution is 2.08. The number of hydrogen-bond donors (Lipinski definition) is 2. The number of benzene rings is 1. The predicted molar refractivity (Wildman–Crippen MR) is 93.1 cm³/mol. The maximum absolute atomic E-state index is 5.15. The minimum absolute atomic E-state index is 0.225. The van der Waals surface area contributed by atoms with Crippen molar-refractivity contribution in [2.45, 2.75) is 33.0 Å². The Kier molecular flexibility index (Phi) is 8.55. The fourth-order valence-corrected chi connectivity index (χ4v) is 2.21. The number of nitrogens with one attached hydrogen (secondary N) is 2. The van der Waals surface area contributed by atoms with Crippen molar-refractivity contribution in [3.63, 3.8) is 0 Å². The molecule has 0 aliphatic rings. The van der Waals surface area contributed by atoms with Crippen LogP contribution in [0.25, 0.3) is 0 Å². The van der Waals surface area contributed by atoms with Crippen LogP contribution in [0.1, 0.15) is 25.0 Å². The van der Waals surface area contributed by atoms with Crippen molar-refractivity contribution in [3.05, 3.63) is 35.4 Å². The summed E-state index contributed by atoms with van der Waals surface area (Å²) in [6.45, 7) is 7.25. The molecule has 2 N–H and O–H groups in total. The summed E-state index contributed by atoms with van der Waals surface area (Å²) in [6.07, 6.45) is 0. The zero-order chi connectivity index (χ0) is 16.4.